The number of amides is 2. The SMILES string of the molecule is CC(C)c1ccc(S(=O)(=O)NC2CCC(=O)NC2=O)cc1. The zero-order chi connectivity index (χ0) is 15.6. The third kappa shape index (κ3) is 3.68. The van der Waals surface area contributed by atoms with Crippen molar-refractivity contribution < 1.29 is 18.0 Å². The quantitative estimate of drug-likeness (QED) is 0.808. The summed E-state index contributed by atoms with van der Waals surface area (Å²) in [5, 5.41) is 2.12. The topological polar surface area (TPSA) is 92.3 Å². The molecule has 2 N–H and O–H groups in total. The minimum absolute atomic E-state index is 0.108. The molecular formula is C14H18N2O4S. The Labute approximate surface area is 124 Å². The van der Waals surface area contributed by atoms with Gasteiger partial charge in [-0.3, -0.25) is 14.9 Å². The highest BCUT2D eigenvalue weighted by atomic mass is 32.2. The average Bonchev–Trinajstić information content (AvgIpc) is 2.42. The van der Waals surface area contributed by atoms with Crippen molar-refractivity contribution in [2.45, 2.75) is 43.5 Å². The molecule has 0 radical (unpaired) electrons. The Hall–Kier alpha value is -1.73. The Morgan fingerprint density at radius 1 is 1.19 bits per heavy atom. The van der Waals surface area contributed by atoms with Crippen molar-refractivity contribution in [1.29, 1.82) is 0 Å². The van der Waals surface area contributed by atoms with E-state index in [0.29, 0.717) is 5.92 Å². The molecule has 1 unspecified atom stereocenters. The van der Waals surface area contributed by atoms with Crippen LogP contribution in [0.5, 0.6) is 0 Å². The molecule has 114 valence electrons. The Kier molecular flexibility index (Phi) is 4.43. The first-order valence-corrected chi connectivity index (χ1v) is 8.24. The number of nitrogens with one attached hydrogen (secondary N) is 2. The largest absolute Gasteiger partial charge is 0.295 e. The molecule has 1 aromatic carbocycles. The van der Waals surface area contributed by atoms with E-state index in [1.807, 2.05) is 13.8 Å². The number of imide groups is 1. The van der Waals surface area contributed by atoms with Crippen LogP contribution in [0.2, 0.25) is 0 Å². The molecule has 0 saturated carbocycles. The minimum atomic E-state index is -3.77. The van der Waals surface area contributed by atoms with Crippen LogP contribution in [0.4, 0.5) is 0 Å². The highest BCUT2D eigenvalue weighted by molar-refractivity contribution is 7.89. The van der Waals surface area contributed by atoms with Gasteiger partial charge in [0.1, 0.15) is 6.04 Å². The molecule has 0 spiro atoms. The van der Waals surface area contributed by atoms with Crippen molar-refractivity contribution in [3.8, 4) is 0 Å². The highest BCUT2D eigenvalue weighted by Crippen LogP contribution is 2.18. The number of hydrogen-bond acceptors (Lipinski definition) is 4. The zero-order valence-electron chi connectivity index (χ0n) is 11.9. The van der Waals surface area contributed by atoms with Crippen LogP contribution in [-0.2, 0) is 19.6 Å². The van der Waals surface area contributed by atoms with Gasteiger partial charge in [-0.25, -0.2) is 8.42 Å². The molecule has 1 saturated heterocycles. The number of sulfonamides is 1. The summed E-state index contributed by atoms with van der Waals surface area (Å²) in [6, 6.07) is 5.64. The maximum absolute atomic E-state index is 12.2. The predicted octanol–water partition coefficient (Wildman–Crippen LogP) is 0.893. The molecule has 1 atom stereocenters. The smallest absolute Gasteiger partial charge is 0.244 e. The first-order chi connectivity index (χ1) is 9.79. The summed E-state index contributed by atoms with van der Waals surface area (Å²) < 4.78 is 26.8. The summed E-state index contributed by atoms with van der Waals surface area (Å²) in [6.45, 7) is 4.04. The van der Waals surface area contributed by atoms with Crippen LogP contribution in [0, 0.1) is 0 Å². The average molecular weight is 310 g/mol. The number of carbonyl (C=O) groups excluding carboxylic acids is 2. The molecule has 1 aromatic rings. The number of benzene rings is 1. The van der Waals surface area contributed by atoms with Crippen molar-refractivity contribution in [2.24, 2.45) is 0 Å². The fraction of sp³-hybridized carbons (Fsp3) is 0.429. The molecule has 6 nitrogen and oxygen atoms in total. The molecule has 0 bridgehead atoms. The van der Waals surface area contributed by atoms with E-state index in [9.17, 15) is 18.0 Å². The van der Waals surface area contributed by atoms with Crippen LogP contribution in [0.1, 0.15) is 38.2 Å². The van der Waals surface area contributed by atoms with E-state index in [2.05, 4.69) is 10.0 Å². The fourth-order valence-corrected chi connectivity index (χ4v) is 3.32. The predicted molar refractivity (Wildman–Crippen MR) is 77.0 cm³/mol. The molecule has 0 aromatic heterocycles. The highest BCUT2D eigenvalue weighted by Gasteiger charge is 2.30. The van der Waals surface area contributed by atoms with Gasteiger partial charge in [0, 0.05) is 6.42 Å². The third-order valence-corrected chi connectivity index (χ3v) is 4.88. The van der Waals surface area contributed by atoms with E-state index >= 15 is 0 Å². The molecular weight excluding hydrogens is 292 g/mol. The second-order valence-corrected chi connectivity index (χ2v) is 7.06. The molecule has 2 amide bonds. The molecule has 1 fully saturated rings. The van der Waals surface area contributed by atoms with Gasteiger partial charge in [-0.05, 0) is 30.0 Å². The maximum atomic E-state index is 12.2. The van der Waals surface area contributed by atoms with E-state index in [1.54, 1.807) is 12.1 Å². The van der Waals surface area contributed by atoms with Crippen LogP contribution >= 0.6 is 0 Å². The maximum Gasteiger partial charge on any atom is 0.244 e. The second kappa shape index (κ2) is 5.95. The van der Waals surface area contributed by atoms with Gasteiger partial charge in [-0.15, -0.1) is 0 Å². The van der Waals surface area contributed by atoms with Crippen molar-refractivity contribution in [3.05, 3.63) is 29.8 Å². The van der Waals surface area contributed by atoms with Gasteiger partial charge < -0.3 is 0 Å². The fourth-order valence-electron chi connectivity index (χ4n) is 2.09. The Balaban J connectivity index is 2.14. The number of piperidine rings is 1. The summed E-state index contributed by atoms with van der Waals surface area (Å²) in [5.74, 6) is -0.671. The Bertz CT molecular complexity index is 650. The first kappa shape index (κ1) is 15.7. The summed E-state index contributed by atoms with van der Waals surface area (Å²) in [4.78, 5) is 22.8. The summed E-state index contributed by atoms with van der Waals surface area (Å²) in [7, 11) is -3.77. The van der Waals surface area contributed by atoms with Crippen LogP contribution in [-0.4, -0.2) is 26.3 Å². The van der Waals surface area contributed by atoms with Crippen molar-refractivity contribution in [2.75, 3.05) is 0 Å². The molecule has 0 aliphatic carbocycles. The van der Waals surface area contributed by atoms with Gasteiger partial charge in [0.15, 0.2) is 0 Å². The zero-order valence-corrected chi connectivity index (χ0v) is 12.7. The summed E-state index contributed by atoms with van der Waals surface area (Å²) in [6.07, 6.45) is 0.305. The third-order valence-electron chi connectivity index (χ3n) is 3.39. The van der Waals surface area contributed by atoms with Gasteiger partial charge >= 0.3 is 0 Å². The van der Waals surface area contributed by atoms with Crippen molar-refractivity contribution in [1.82, 2.24) is 10.0 Å². The van der Waals surface area contributed by atoms with E-state index < -0.39 is 22.0 Å². The van der Waals surface area contributed by atoms with Crippen LogP contribution in [0.15, 0.2) is 29.2 Å². The lowest BCUT2D eigenvalue weighted by atomic mass is 10.0. The summed E-state index contributed by atoms with van der Waals surface area (Å²) in [5.41, 5.74) is 1.04. The van der Waals surface area contributed by atoms with Crippen LogP contribution in [0.25, 0.3) is 0 Å². The van der Waals surface area contributed by atoms with Gasteiger partial charge in [-0.1, -0.05) is 26.0 Å². The molecule has 1 heterocycles. The van der Waals surface area contributed by atoms with Gasteiger partial charge in [-0.2, -0.15) is 4.72 Å². The molecule has 7 heteroatoms. The van der Waals surface area contributed by atoms with E-state index in [-0.39, 0.29) is 23.6 Å². The van der Waals surface area contributed by atoms with E-state index in [1.165, 1.54) is 12.1 Å². The summed E-state index contributed by atoms with van der Waals surface area (Å²) >= 11 is 0. The lowest BCUT2D eigenvalue weighted by Gasteiger charge is -2.21. The van der Waals surface area contributed by atoms with E-state index in [0.717, 1.165) is 5.56 Å². The molecule has 21 heavy (non-hydrogen) atoms. The van der Waals surface area contributed by atoms with Gasteiger partial charge in [0.2, 0.25) is 21.8 Å². The molecule has 2 rings (SSSR count). The minimum Gasteiger partial charge on any atom is -0.295 e. The Morgan fingerprint density at radius 2 is 1.81 bits per heavy atom. The second-order valence-electron chi connectivity index (χ2n) is 5.35. The first-order valence-electron chi connectivity index (χ1n) is 6.75. The Morgan fingerprint density at radius 3 is 2.33 bits per heavy atom. The van der Waals surface area contributed by atoms with Crippen molar-refractivity contribution >= 4 is 21.8 Å². The van der Waals surface area contributed by atoms with Crippen molar-refractivity contribution in [3.63, 3.8) is 0 Å². The monoisotopic (exact) mass is 310 g/mol. The number of rotatable bonds is 4. The van der Waals surface area contributed by atoms with Gasteiger partial charge in [0.05, 0.1) is 4.90 Å². The van der Waals surface area contributed by atoms with Gasteiger partial charge in [0.25, 0.3) is 0 Å². The van der Waals surface area contributed by atoms with Crippen LogP contribution < -0.4 is 10.0 Å². The molecule has 1 aliphatic heterocycles. The standard InChI is InChI=1S/C14H18N2O4S/c1-9(2)10-3-5-11(6-4-10)21(19,20)16-12-7-8-13(17)15-14(12)18/h3-6,9,12,16H,7-8H2,1-2H3,(H,15,17,18). The van der Waals surface area contributed by atoms with E-state index in [4.69, 9.17) is 0 Å². The lowest BCUT2D eigenvalue weighted by Crippen LogP contribution is -2.52. The lowest BCUT2D eigenvalue weighted by molar-refractivity contribution is -0.134. The number of carbonyl (C=O) groups is 2. The normalized spacial score (nSPS) is 19.7. The van der Waals surface area contributed by atoms with Crippen LogP contribution in [0.3, 0.4) is 0 Å². The molecule has 1 aliphatic rings. The number of hydrogen-bond donors (Lipinski definition) is 2.